The average Bonchev–Trinajstić information content (AvgIpc) is 2.79. The minimum atomic E-state index is -0.0308. The maximum absolute atomic E-state index is 12.7. The van der Waals surface area contributed by atoms with E-state index in [0.717, 1.165) is 35.3 Å². The van der Waals surface area contributed by atoms with E-state index in [1.165, 1.54) is 0 Å². The zero-order valence-electron chi connectivity index (χ0n) is 17.6. The third-order valence-electron chi connectivity index (χ3n) is 4.86. The highest BCUT2D eigenvalue weighted by Gasteiger charge is 2.14. The topological polar surface area (TPSA) is 41.6 Å². The Balaban J connectivity index is 1.61. The summed E-state index contributed by atoms with van der Waals surface area (Å²) in [5.41, 5.74) is 3.33. The normalized spacial score (nSPS) is 10.4. The summed E-state index contributed by atoms with van der Waals surface area (Å²) >= 11 is 0. The molecule has 2 amide bonds. The number of amides is 2. The molecule has 0 aliphatic carbocycles. The zero-order chi connectivity index (χ0) is 21.0. The number of benzene rings is 3. The Morgan fingerprint density at radius 2 is 1.37 bits per heavy atom. The molecule has 0 spiro atoms. The number of hydrogen-bond acceptors (Lipinski definition) is 2. The van der Waals surface area contributed by atoms with Gasteiger partial charge in [-0.3, -0.25) is 0 Å². The van der Waals surface area contributed by atoms with Crippen LogP contribution in [0.1, 0.15) is 36.5 Å². The second-order valence-corrected chi connectivity index (χ2v) is 7.35. The van der Waals surface area contributed by atoms with E-state index in [9.17, 15) is 4.79 Å². The van der Waals surface area contributed by atoms with E-state index in [2.05, 4.69) is 12.2 Å². The summed E-state index contributed by atoms with van der Waals surface area (Å²) in [5.74, 6) is 0.824. The molecule has 0 unspecified atom stereocenters. The van der Waals surface area contributed by atoms with Crippen LogP contribution in [0.25, 0.3) is 0 Å². The molecule has 1 N–H and O–H groups in total. The van der Waals surface area contributed by atoms with Gasteiger partial charge in [0.25, 0.3) is 0 Å². The second kappa shape index (κ2) is 11.7. The van der Waals surface area contributed by atoms with Gasteiger partial charge in [-0.1, -0.05) is 86.1 Å². The van der Waals surface area contributed by atoms with Gasteiger partial charge in [0.2, 0.25) is 0 Å². The number of nitrogens with zero attached hydrogens (tertiary/aromatic N) is 1. The Hall–Kier alpha value is -3.27. The van der Waals surface area contributed by atoms with Gasteiger partial charge < -0.3 is 15.0 Å². The third-order valence-corrected chi connectivity index (χ3v) is 4.86. The first kappa shape index (κ1) is 21.4. The summed E-state index contributed by atoms with van der Waals surface area (Å²) < 4.78 is 5.87. The fourth-order valence-corrected chi connectivity index (χ4v) is 3.14. The van der Waals surface area contributed by atoms with E-state index in [1.807, 2.05) is 89.8 Å². The molecule has 4 heteroatoms. The summed E-state index contributed by atoms with van der Waals surface area (Å²) in [7, 11) is 0. The number of unbranched alkanes of at least 4 members (excludes halogenated alkanes) is 1. The molecule has 156 valence electrons. The zero-order valence-corrected chi connectivity index (χ0v) is 17.6. The van der Waals surface area contributed by atoms with Crippen molar-refractivity contribution in [3.63, 3.8) is 0 Å². The van der Waals surface area contributed by atoms with Crippen LogP contribution >= 0.6 is 0 Å². The maximum atomic E-state index is 12.7. The van der Waals surface area contributed by atoms with Crippen molar-refractivity contribution in [2.75, 3.05) is 6.54 Å². The van der Waals surface area contributed by atoms with Crippen LogP contribution in [-0.2, 0) is 19.7 Å². The van der Waals surface area contributed by atoms with Crippen LogP contribution in [0.2, 0.25) is 0 Å². The highest BCUT2D eigenvalue weighted by molar-refractivity contribution is 5.74. The van der Waals surface area contributed by atoms with E-state index < -0.39 is 0 Å². The molecule has 0 aliphatic heterocycles. The van der Waals surface area contributed by atoms with Crippen molar-refractivity contribution in [3.8, 4) is 5.75 Å². The first-order chi connectivity index (χ1) is 14.7. The van der Waals surface area contributed by atoms with Gasteiger partial charge in [-0.05, 0) is 35.2 Å². The van der Waals surface area contributed by atoms with Gasteiger partial charge in [-0.15, -0.1) is 0 Å². The van der Waals surface area contributed by atoms with Gasteiger partial charge in [-0.25, -0.2) is 4.79 Å². The van der Waals surface area contributed by atoms with Crippen molar-refractivity contribution in [2.24, 2.45) is 0 Å². The van der Waals surface area contributed by atoms with Crippen LogP contribution in [0.3, 0.4) is 0 Å². The van der Waals surface area contributed by atoms with Gasteiger partial charge in [0, 0.05) is 19.6 Å². The molecule has 30 heavy (non-hydrogen) atoms. The molecule has 0 atom stereocenters. The lowest BCUT2D eigenvalue weighted by atomic mass is 10.1. The Kier molecular flexibility index (Phi) is 8.34. The second-order valence-electron chi connectivity index (χ2n) is 7.35. The molecule has 0 aliphatic rings. The van der Waals surface area contributed by atoms with Crippen LogP contribution < -0.4 is 10.1 Å². The predicted octanol–water partition coefficient (Wildman–Crippen LogP) is 5.78. The minimum absolute atomic E-state index is 0.0308. The summed E-state index contributed by atoms with van der Waals surface area (Å²) in [5, 5.41) is 3.04. The van der Waals surface area contributed by atoms with Crippen molar-refractivity contribution < 1.29 is 9.53 Å². The van der Waals surface area contributed by atoms with Gasteiger partial charge in [0.05, 0.1) is 0 Å². The molecule has 0 aromatic heterocycles. The Bertz CT molecular complexity index is 880. The van der Waals surface area contributed by atoms with E-state index in [-0.39, 0.29) is 6.03 Å². The van der Waals surface area contributed by atoms with E-state index in [1.54, 1.807) is 0 Å². The lowest BCUT2D eigenvalue weighted by molar-refractivity contribution is 0.192. The fourth-order valence-electron chi connectivity index (χ4n) is 3.14. The lowest BCUT2D eigenvalue weighted by Gasteiger charge is -2.23. The minimum Gasteiger partial charge on any atom is -0.489 e. The Labute approximate surface area is 179 Å². The molecule has 0 saturated carbocycles. The summed E-state index contributed by atoms with van der Waals surface area (Å²) in [4.78, 5) is 14.6. The molecule has 0 radical (unpaired) electrons. The predicted molar refractivity (Wildman–Crippen MR) is 121 cm³/mol. The number of hydrogen-bond donors (Lipinski definition) is 1. The summed E-state index contributed by atoms with van der Waals surface area (Å²) in [6.45, 7) is 4.49. The van der Waals surface area contributed by atoms with Gasteiger partial charge in [0.1, 0.15) is 12.4 Å². The van der Waals surface area contributed by atoms with Crippen molar-refractivity contribution in [1.29, 1.82) is 0 Å². The van der Waals surface area contributed by atoms with Crippen molar-refractivity contribution >= 4 is 6.03 Å². The molecule has 0 saturated heterocycles. The molecular formula is C26H30N2O2. The molecule has 0 bridgehead atoms. The first-order valence-electron chi connectivity index (χ1n) is 10.6. The van der Waals surface area contributed by atoms with Gasteiger partial charge in [0.15, 0.2) is 0 Å². The number of nitrogens with one attached hydrogen (secondary N) is 1. The number of ether oxygens (including phenoxy) is 1. The molecule has 0 heterocycles. The summed E-state index contributed by atoms with van der Waals surface area (Å²) in [6, 6.07) is 28.2. The molecule has 3 aromatic carbocycles. The standard InChI is InChI=1S/C26H30N2O2/c1-2-3-18-27-26(29)28(19-22-10-6-4-7-11-22)20-23-14-16-25(17-15-23)30-21-24-12-8-5-9-13-24/h4-17H,2-3,18-21H2,1H3,(H,27,29). The highest BCUT2D eigenvalue weighted by atomic mass is 16.5. The monoisotopic (exact) mass is 402 g/mol. The lowest BCUT2D eigenvalue weighted by Crippen LogP contribution is -2.39. The highest BCUT2D eigenvalue weighted by Crippen LogP contribution is 2.17. The molecule has 0 fully saturated rings. The van der Waals surface area contributed by atoms with Crippen LogP contribution in [-0.4, -0.2) is 17.5 Å². The Morgan fingerprint density at radius 1 is 0.800 bits per heavy atom. The maximum Gasteiger partial charge on any atom is 0.318 e. The van der Waals surface area contributed by atoms with Crippen molar-refractivity contribution in [1.82, 2.24) is 10.2 Å². The summed E-state index contributed by atoms with van der Waals surface area (Å²) in [6.07, 6.45) is 2.04. The van der Waals surface area contributed by atoms with Crippen LogP contribution in [0, 0.1) is 0 Å². The van der Waals surface area contributed by atoms with Crippen LogP contribution in [0.15, 0.2) is 84.9 Å². The molecular weight excluding hydrogens is 372 g/mol. The number of carbonyl (C=O) groups is 1. The smallest absolute Gasteiger partial charge is 0.318 e. The molecule has 3 rings (SSSR count). The SMILES string of the molecule is CCCCNC(=O)N(Cc1ccccc1)Cc1ccc(OCc2ccccc2)cc1. The third kappa shape index (κ3) is 6.96. The molecule has 4 nitrogen and oxygen atoms in total. The van der Waals surface area contributed by atoms with Crippen molar-refractivity contribution in [3.05, 3.63) is 102 Å². The average molecular weight is 403 g/mol. The van der Waals surface area contributed by atoms with E-state index in [4.69, 9.17) is 4.74 Å². The van der Waals surface area contributed by atoms with E-state index >= 15 is 0 Å². The number of urea groups is 1. The largest absolute Gasteiger partial charge is 0.489 e. The fraction of sp³-hybridized carbons (Fsp3) is 0.269. The van der Waals surface area contributed by atoms with E-state index in [0.29, 0.717) is 26.2 Å². The van der Waals surface area contributed by atoms with Gasteiger partial charge in [-0.2, -0.15) is 0 Å². The number of carbonyl (C=O) groups excluding carboxylic acids is 1. The van der Waals surface area contributed by atoms with Crippen molar-refractivity contribution in [2.45, 2.75) is 39.5 Å². The number of rotatable bonds is 10. The van der Waals surface area contributed by atoms with Crippen LogP contribution in [0.5, 0.6) is 5.75 Å². The quantitative estimate of drug-likeness (QED) is 0.437. The van der Waals surface area contributed by atoms with Crippen LogP contribution in [0.4, 0.5) is 4.79 Å². The Morgan fingerprint density at radius 3 is 1.97 bits per heavy atom. The first-order valence-corrected chi connectivity index (χ1v) is 10.6. The van der Waals surface area contributed by atoms with Gasteiger partial charge >= 0.3 is 6.03 Å². The molecule has 3 aromatic rings.